The Hall–Kier alpha value is -1.21. The first kappa shape index (κ1) is 12.8. The van der Waals surface area contributed by atoms with Crippen LogP contribution in [0.4, 0.5) is 4.39 Å². The summed E-state index contributed by atoms with van der Waals surface area (Å²) >= 11 is 0. The van der Waals surface area contributed by atoms with Crippen LogP contribution >= 0.6 is 0 Å². The van der Waals surface area contributed by atoms with Crippen LogP contribution in [0.15, 0.2) is 0 Å². The first-order chi connectivity index (χ1) is 6.36. The second-order valence-electron chi connectivity index (χ2n) is 2.90. The molecule has 0 aliphatic rings. The van der Waals surface area contributed by atoms with E-state index in [0.717, 1.165) is 0 Å². The van der Waals surface area contributed by atoms with Gasteiger partial charge in [-0.05, 0) is 12.8 Å². The maximum Gasteiger partial charge on any atom is 0.323 e. The summed E-state index contributed by atoms with van der Waals surface area (Å²) in [5, 5.41) is 16.7. The van der Waals surface area contributed by atoms with E-state index in [-0.39, 0.29) is 12.8 Å². The van der Waals surface area contributed by atoms with Crippen LogP contribution in [0.1, 0.15) is 12.8 Å². The SMILES string of the molecule is N[C@@H](CC[C@H](F)[C@@H](N)C(=O)O)C(=O)O. The van der Waals surface area contributed by atoms with Gasteiger partial charge >= 0.3 is 11.9 Å². The fourth-order valence-electron chi connectivity index (χ4n) is 0.797. The molecule has 0 heterocycles. The highest BCUT2D eigenvalue weighted by atomic mass is 19.1. The Labute approximate surface area is 79.7 Å². The first-order valence-electron chi connectivity index (χ1n) is 3.97. The smallest absolute Gasteiger partial charge is 0.323 e. The predicted octanol–water partition coefficient (Wildman–Crippen LogP) is -1.07. The summed E-state index contributed by atoms with van der Waals surface area (Å²) in [5.74, 6) is -2.71. The Morgan fingerprint density at radius 1 is 1.14 bits per heavy atom. The van der Waals surface area contributed by atoms with Gasteiger partial charge in [0.1, 0.15) is 18.3 Å². The van der Waals surface area contributed by atoms with Crippen LogP contribution in [0.25, 0.3) is 0 Å². The number of carbonyl (C=O) groups is 2. The third-order valence-corrected chi connectivity index (χ3v) is 1.75. The summed E-state index contributed by atoms with van der Waals surface area (Å²) in [6, 6.07) is -2.81. The van der Waals surface area contributed by atoms with Gasteiger partial charge in [-0.3, -0.25) is 9.59 Å². The Kier molecular flexibility index (Phi) is 5.03. The van der Waals surface area contributed by atoms with Crippen molar-refractivity contribution in [3.8, 4) is 0 Å². The third-order valence-electron chi connectivity index (χ3n) is 1.75. The van der Waals surface area contributed by atoms with Crippen molar-refractivity contribution in [1.82, 2.24) is 0 Å². The van der Waals surface area contributed by atoms with Gasteiger partial charge in [0.2, 0.25) is 0 Å². The van der Waals surface area contributed by atoms with Crippen molar-refractivity contribution in [1.29, 1.82) is 0 Å². The molecule has 0 rings (SSSR count). The van der Waals surface area contributed by atoms with E-state index in [1.54, 1.807) is 0 Å². The van der Waals surface area contributed by atoms with E-state index in [1.165, 1.54) is 0 Å². The molecule has 6 N–H and O–H groups in total. The first-order valence-corrected chi connectivity index (χ1v) is 3.97. The average Bonchev–Trinajstić information content (AvgIpc) is 2.11. The van der Waals surface area contributed by atoms with Crippen molar-refractivity contribution in [3.05, 3.63) is 0 Å². The van der Waals surface area contributed by atoms with Crippen LogP contribution in [0.5, 0.6) is 0 Å². The van der Waals surface area contributed by atoms with Crippen molar-refractivity contribution in [2.75, 3.05) is 0 Å². The molecule has 0 aliphatic carbocycles. The number of rotatable bonds is 6. The molecule has 0 saturated heterocycles. The Morgan fingerprint density at radius 3 is 2.00 bits per heavy atom. The summed E-state index contributed by atoms with van der Waals surface area (Å²) in [7, 11) is 0. The van der Waals surface area contributed by atoms with Gasteiger partial charge in [-0.1, -0.05) is 0 Å². The lowest BCUT2D eigenvalue weighted by molar-refractivity contribution is -0.140. The minimum Gasteiger partial charge on any atom is -0.480 e. The molecule has 14 heavy (non-hydrogen) atoms. The minimum absolute atomic E-state index is 0.141. The molecule has 3 atom stereocenters. The zero-order valence-corrected chi connectivity index (χ0v) is 7.39. The van der Waals surface area contributed by atoms with Gasteiger partial charge in [0.25, 0.3) is 0 Å². The predicted molar refractivity (Wildman–Crippen MR) is 45.4 cm³/mol. The highest BCUT2D eigenvalue weighted by Gasteiger charge is 2.25. The number of hydrogen-bond acceptors (Lipinski definition) is 4. The summed E-state index contributed by atoms with van der Waals surface area (Å²) in [4.78, 5) is 20.4. The lowest BCUT2D eigenvalue weighted by Crippen LogP contribution is -2.40. The molecule has 6 nitrogen and oxygen atoms in total. The Balaban J connectivity index is 3.90. The van der Waals surface area contributed by atoms with Crippen LogP contribution in [-0.2, 0) is 9.59 Å². The molecule has 0 radical (unpaired) electrons. The Morgan fingerprint density at radius 2 is 1.64 bits per heavy atom. The van der Waals surface area contributed by atoms with Crippen molar-refractivity contribution in [3.63, 3.8) is 0 Å². The summed E-state index contributed by atoms with van der Waals surface area (Å²) < 4.78 is 12.9. The molecule has 0 saturated carbocycles. The number of carboxylic acid groups (broad SMARTS) is 2. The third kappa shape index (κ3) is 4.15. The van der Waals surface area contributed by atoms with Gasteiger partial charge in [0, 0.05) is 0 Å². The molecule has 0 unspecified atom stereocenters. The van der Waals surface area contributed by atoms with Gasteiger partial charge in [-0.25, -0.2) is 4.39 Å². The van der Waals surface area contributed by atoms with Crippen LogP contribution in [-0.4, -0.2) is 40.4 Å². The van der Waals surface area contributed by atoms with Crippen molar-refractivity contribution in [2.45, 2.75) is 31.1 Å². The van der Waals surface area contributed by atoms with Gasteiger partial charge in [-0.2, -0.15) is 0 Å². The number of carboxylic acids is 2. The molecule has 0 fully saturated rings. The standard InChI is InChI=1S/C7H13FN2O4/c8-3(5(10)7(13)14)1-2-4(9)6(11)12/h3-5H,1-2,9-10H2,(H,11,12)(H,13,14)/t3-,4-,5+/m0/s1. The van der Waals surface area contributed by atoms with Crippen LogP contribution in [0.3, 0.4) is 0 Å². The lowest BCUT2D eigenvalue weighted by Gasteiger charge is -2.13. The number of hydrogen-bond donors (Lipinski definition) is 4. The summed E-state index contributed by atoms with van der Waals surface area (Å²) in [6.45, 7) is 0. The second-order valence-corrected chi connectivity index (χ2v) is 2.90. The highest BCUT2D eigenvalue weighted by Crippen LogP contribution is 2.07. The van der Waals surface area contributed by atoms with Crippen molar-refractivity contribution in [2.24, 2.45) is 11.5 Å². The zero-order valence-electron chi connectivity index (χ0n) is 7.39. The summed E-state index contributed by atoms with van der Waals surface area (Å²) in [6.07, 6.45) is -2.20. The Bertz CT molecular complexity index is 224. The average molecular weight is 208 g/mol. The molecule has 0 bridgehead atoms. The monoisotopic (exact) mass is 208 g/mol. The van der Waals surface area contributed by atoms with Crippen LogP contribution < -0.4 is 11.5 Å². The molecule has 0 aliphatic heterocycles. The van der Waals surface area contributed by atoms with Gasteiger partial charge in [-0.15, -0.1) is 0 Å². The highest BCUT2D eigenvalue weighted by molar-refractivity contribution is 5.74. The quantitative estimate of drug-likeness (QED) is 0.440. The maximum atomic E-state index is 12.9. The summed E-state index contributed by atoms with van der Waals surface area (Å²) in [5.41, 5.74) is 10.0. The zero-order chi connectivity index (χ0) is 11.3. The molecular weight excluding hydrogens is 195 g/mol. The molecule has 0 aromatic rings. The van der Waals surface area contributed by atoms with E-state index in [2.05, 4.69) is 0 Å². The van der Waals surface area contributed by atoms with Gasteiger partial charge in [0.05, 0.1) is 0 Å². The molecule has 0 aromatic carbocycles. The molecule has 0 amide bonds. The normalized spacial score (nSPS) is 17.1. The number of aliphatic carboxylic acids is 2. The second kappa shape index (κ2) is 5.51. The van der Waals surface area contributed by atoms with Crippen LogP contribution in [0, 0.1) is 0 Å². The van der Waals surface area contributed by atoms with E-state index in [9.17, 15) is 14.0 Å². The number of halogens is 1. The fourth-order valence-corrected chi connectivity index (χ4v) is 0.797. The van der Waals surface area contributed by atoms with E-state index >= 15 is 0 Å². The number of alkyl halides is 1. The van der Waals surface area contributed by atoms with E-state index in [4.69, 9.17) is 21.7 Å². The van der Waals surface area contributed by atoms with E-state index in [0.29, 0.717) is 0 Å². The lowest BCUT2D eigenvalue weighted by atomic mass is 10.0. The largest absolute Gasteiger partial charge is 0.480 e. The minimum atomic E-state index is -1.78. The maximum absolute atomic E-state index is 12.9. The van der Waals surface area contributed by atoms with Crippen molar-refractivity contribution >= 4 is 11.9 Å². The van der Waals surface area contributed by atoms with E-state index in [1.807, 2.05) is 0 Å². The molecule has 82 valence electrons. The molecule has 0 spiro atoms. The van der Waals surface area contributed by atoms with Crippen molar-refractivity contribution < 1.29 is 24.2 Å². The topological polar surface area (TPSA) is 127 Å². The molecule has 7 heteroatoms. The molecular formula is C7H13FN2O4. The fraction of sp³-hybridized carbons (Fsp3) is 0.714. The van der Waals surface area contributed by atoms with Gasteiger partial charge < -0.3 is 21.7 Å². The number of nitrogens with two attached hydrogens (primary N) is 2. The van der Waals surface area contributed by atoms with E-state index < -0.39 is 30.2 Å². The van der Waals surface area contributed by atoms with Crippen LogP contribution in [0.2, 0.25) is 0 Å². The molecule has 0 aromatic heterocycles. The van der Waals surface area contributed by atoms with Gasteiger partial charge in [0.15, 0.2) is 0 Å².